The normalized spacial score (nSPS) is 47.6. The molecule has 0 unspecified atom stereocenters. The SMILES string of the molecule is CN=C1N[C@@H]2[C@@H](F)[C@@H](O)[C@@H]([C@@H](C)O)O[C@@H]2S1.CN=C1N[C@@H]2[C@@H](F)[C@@H](O)[C@@H]([C@H](C)O)O[C@@H]2S1. The first kappa shape index (κ1) is 25.9. The maximum Gasteiger partial charge on any atom is 0.159 e. The van der Waals surface area contributed by atoms with Gasteiger partial charge in [-0.1, -0.05) is 23.5 Å². The Morgan fingerprint density at radius 2 is 1.16 bits per heavy atom. The fraction of sp³-hybridized carbons (Fsp3) is 0.889. The van der Waals surface area contributed by atoms with Crippen LogP contribution in [0, 0.1) is 0 Å². The van der Waals surface area contributed by atoms with Crippen LogP contribution in [0.3, 0.4) is 0 Å². The first-order valence-electron chi connectivity index (χ1n) is 10.2. The summed E-state index contributed by atoms with van der Waals surface area (Å²) in [5.74, 6) is 0. The number of nitrogens with one attached hydrogen (secondary N) is 2. The van der Waals surface area contributed by atoms with Crippen LogP contribution in [0.4, 0.5) is 8.78 Å². The Morgan fingerprint density at radius 3 is 1.44 bits per heavy atom. The lowest BCUT2D eigenvalue weighted by Gasteiger charge is -2.38. The second-order valence-corrected chi connectivity index (χ2v) is 10.1. The van der Waals surface area contributed by atoms with Gasteiger partial charge < -0.3 is 40.5 Å². The molecule has 184 valence electrons. The van der Waals surface area contributed by atoms with E-state index in [1.54, 1.807) is 14.1 Å². The van der Waals surface area contributed by atoms with Crippen molar-refractivity contribution in [3.63, 3.8) is 0 Å². The van der Waals surface area contributed by atoms with Crippen molar-refractivity contribution in [2.75, 3.05) is 14.1 Å². The standard InChI is InChI=1S/2C9H15FN2O3S/c2*1-3(13)7-6(14)4(10)5-8(15-7)16-9(11-2)12-5/h2*3-8,13-14H,1-2H3,(H,11,12)/t3-,4+,5+,6+,7+,8+;3-,4-,5-,6-,7-,8-/m01/s1. The van der Waals surface area contributed by atoms with Gasteiger partial charge in [0.2, 0.25) is 0 Å². The van der Waals surface area contributed by atoms with Crippen molar-refractivity contribution in [1.82, 2.24) is 10.6 Å². The van der Waals surface area contributed by atoms with Crippen molar-refractivity contribution in [3.8, 4) is 0 Å². The molecule has 0 aliphatic carbocycles. The number of ether oxygens (including phenoxy) is 2. The van der Waals surface area contributed by atoms with E-state index in [4.69, 9.17) is 9.47 Å². The summed E-state index contributed by atoms with van der Waals surface area (Å²) in [5.41, 5.74) is -0.895. The van der Waals surface area contributed by atoms with Gasteiger partial charge in [0.25, 0.3) is 0 Å². The zero-order valence-electron chi connectivity index (χ0n) is 18.0. The van der Waals surface area contributed by atoms with Crippen molar-refractivity contribution in [2.45, 2.75) is 85.8 Å². The number of nitrogens with zero attached hydrogens (tertiary/aromatic N) is 2. The summed E-state index contributed by atoms with van der Waals surface area (Å²) in [6.45, 7) is 2.95. The van der Waals surface area contributed by atoms with Crippen molar-refractivity contribution >= 4 is 33.9 Å². The molecule has 14 heteroatoms. The number of halogens is 2. The molecule has 0 bridgehead atoms. The van der Waals surface area contributed by atoms with Crippen LogP contribution in [0.25, 0.3) is 0 Å². The van der Waals surface area contributed by atoms with Crippen LogP contribution in [0.2, 0.25) is 0 Å². The fourth-order valence-corrected chi connectivity index (χ4v) is 5.99. The number of rotatable bonds is 2. The molecule has 0 radical (unpaired) electrons. The Balaban J connectivity index is 0.000000181. The van der Waals surface area contributed by atoms with E-state index in [-0.39, 0.29) is 0 Å². The Morgan fingerprint density at radius 1 is 0.812 bits per heavy atom. The van der Waals surface area contributed by atoms with Crippen LogP contribution in [0.5, 0.6) is 0 Å². The molecule has 0 aromatic carbocycles. The number of hydrogen-bond acceptors (Lipinski definition) is 10. The van der Waals surface area contributed by atoms with Crippen molar-refractivity contribution < 1.29 is 38.7 Å². The maximum atomic E-state index is 13.9. The first-order valence-corrected chi connectivity index (χ1v) is 12.0. The van der Waals surface area contributed by atoms with Crippen LogP contribution >= 0.6 is 23.5 Å². The molecule has 0 spiro atoms. The molecule has 6 N–H and O–H groups in total. The Kier molecular flexibility index (Phi) is 8.63. The Bertz CT molecular complexity index is 663. The number of aliphatic hydroxyl groups excluding tert-OH is 4. The number of amidine groups is 2. The number of hydrogen-bond donors (Lipinski definition) is 6. The zero-order chi connectivity index (χ0) is 23.7. The number of fused-ring (bicyclic) bond motifs is 2. The van der Waals surface area contributed by atoms with E-state index in [0.717, 1.165) is 0 Å². The largest absolute Gasteiger partial charge is 0.391 e. The lowest BCUT2D eigenvalue weighted by Crippen LogP contribution is -2.59. The van der Waals surface area contributed by atoms with Crippen LogP contribution in [0.15, 0.2) is 9.98 Å². The molecule has 4 heterocycles. The monoisotopic (exact) mass is 500 g/mol. The van der Waals surface area contributed by atoms with Gasteiger partial charge in [0.1, 0.15) is 35.3 Å². The van der Waals surface area contributed by atoms with Gasteiger partial charge in [0.15, 0.2) is 22.7 Å². The van der Waals surface area contributed by atoms with Gasteiger partial charge >= 0.3 is 0 Å². The molecule has 0 aromatic rings. The van der Waals surface area contributed by atoms with E-state index in [0.29, 0.717) is 10.3 Å². The zero-order valence-corrected chi connectivity index (χ0v) is 19.6. The van der Waals surface area contributed by atoms with Crippen molar-refractivity contribution in [2.24, 2.45) is 9.98 Å². The molecule has 4 aliphatic rings. The van der Waals surface area contributed by atoms with E-state index in [1.807, 2.05) is 0 Å². The molecular formula is C18H30F2N4O6S2. The molecule has 0 aromatic heterocycles. The van der Waals surface area contributed by atoms with E-state index < -0.39 is 71.9 Å². The molecule has 0 saturated carbocycles. The third-order valence-corrected chi connectivity index (χ3v) is 7.89. The molecule has 4 saturated heterocycles. The molecular weight excluding hydrogens is 470 g/mol. The van der Waals surface area contributed by atoms with E-state index in [2.05, 4.69) is 20.6 Å². The average molecular weight is 501 g/mol. The highest BCUT2D eigenvalue weighted by Crippen LogP contribution is 2.37. The van der Waals surface area contributed by atoms with Gasteiger partial charge in [-0.05, 0) is 13.8 Å². The Hall–Kier alpha value is -0.740. The van der Waals surface area contributed by atoms with Crippen LogP contribution in [-0.4, -0.2) is 117 Å². The number of thioether (sulfide) groups is 2. The quantitative estimate of drug-likeness (QED) is 0.278. The summed E-state index contributed by atoms with van der Waals surface area (Å²) >= 11 is 2.55. The molecule has 4 rings (SSSR count). The highest BCUT2D eigenvalue weighted by molar-refractivity contribution is 8.14. The van der Waals surface area contributed by atoms with Crippen molar-refractivity contribution in [1.29, 1.82) is 0 Å². The fourth-order valence-electron chi connectivity index (χ4n) is 3.83. The lowest BCUT2D eigenvalue weighted by molar-refractivity contribution is -0.167. The number of aliphatic imine (C=N–C) groups is 2. The van der Waals surface area contributed by atoms with Gasteiger partial charge in [-0.15, -0.1) is 0 Å². The minimum atomic E-state index is -1.47. The lowest BCUT2D eigenvalue weighted by atomic mass is 9.96. The van der Waals surface area contributed by atoms with E-state index in [9.17, 15) is 29.2 Å². The minimum Gasteiger partial charge on any atom is -0.391 e. The number of alkyl halides is 2. The van der Waals surface area contributed by atoms with Gasteiger partial charge in [-0.2, -0.15) is 0 Å². The third-order valence-electron chi connectivity index (χ3n) is 5.57. The van der Waals surface area contributed by atoms with E-state index >= 15 is 0 Å². The summed E-state index contributed by atoms with van der Waals surface area (Å²) in [7, 11) is 3.20. The minimum absolute atomic E-state index is 0.448. The molecule has 4 aliphatic heterocycles. The van der Waals surface area contributed by atoms with Crippen molar-refractivity contribution in [3.05, 3.63) is 0 Å². The molecule has 12 atom stereocenters. The van der Waals surface area contributed by atoms with Gasteiger partial charge in [0.05, 0.1) is 24.3 Å². The van der Waals surface area contributed by atoms with Gasteiger partial charge in [-0.25, -0.2) is 8.78 Å². The topological polar surface area (TPSA) is 148 Å². The predicted molar refractivity (Wildman–Crippen MR) is 118 cm³/mol. The van der Waals surface area contributed by atoms with Gasteiger partial charge in [-0.3, -0.25) is 9.98 Å². The number of aliphatic hydroxyl groups is 4. The van der Waals surface area contributed by atoms with Crippen LogP contribution in [-0.2, 0) is 9.47 Å². The van der Waals surface area contributed by atoms with Crippen LogP contribution < -0.4 is 10.6 Å². The molecule has 10 nitrogen and oxygen atoms in total. The maximum absolute atomic E-state index is 13.9. The Labute approximate surface area is 193 Å². The summed E-state index contributed by atoms with van der Waals surface area (Å²) in [4.78, 5) is 7.84. The smallest absolute Gasteiger partial charge is 0.159 e. The van der Waals surface area contributed by atoms with Crippen LogP contribution in [0.1, 0.15) is 13.8 Å². The summed E-state index contributed by atoms with van der Waals surface area (Å²) < 4.78 is 38.7. The summed E-state index contributed by atoms with van der Waals surface area (Å²) in [6, 6.07) is -1.21. The third kappa shape index (κ3) is 5.17. The molecule has 0 amide bonds. The second-order valence-electron chi connectivity index (χ2n) is 7.92. The molecule has 32 heavy (non-hydrogen) atoms. The summed E-state index contributed by atoms with van der Waals surface area (Å²) in [5, 5.41) is 45.0. The first-order chi connectivity index (χ1) is 15.1. The summed E-state index contributed by atoms with van der Waals surface area (Å²) in [6.07, 6.45) is -9.15. The van der Waals surface area contributed by atoms with Gasteiger partial charge in [0, 0.05) is 14.1 Å². The highest BCUT2D eigenvalue weighted by Gasteiger charge is 2.52. The molecule has 4 fully saturated rings. The highest BCUT2D eigenvalue weighted by atomic mass is 32.2. The predicted octanol–water partition coefficient (Wildman–Crippen LogP) is -1.04. The van der Waals surface area contributed by atoms with E-state index in [1.165, 1.54) is 37.4 Å². The average Bonchev–Trinajstić information content (AvgIpc) is 3.37. The second kappa shape index (κ2) is 10.7.